The number of halogens is 2. The maximum Gasteiger partial charge on any atom is 0.124 e. The molecule has 3 aromatic rings. The van der Waals surface area contributed by atoms with Crippen molar-refractivity contribution in [3.63, 3.8) is 0 Å². The minimum absolute atomic E-state index is 0.248. The fourth-order valence-electron chi connectivity index (χ4n) is 2.19. The van der Waals surface area contributed by atoms with Crippen LogP contribution in [0.15, 0.2) is 54.7 Å². The van der Waals surface area contributed by atoms with Gasteiger partial charge in [-0.2, -0.15) is 0 Å². The number of rotatable bonds is 2. The molecule has 2 nitrogen and oxygen atoms in total. The smallest absolute Gasteiger partial charge is 0.124 e. The predicted octanol–water partition coefficient (Wildman–Crippen LogP) is 4.03. The van der Waals surface area contributed by atoms with Crippen LogP contribution in [0.2, 0.25) is 0 Å². The number of hydrogen-bond acceptors (Lipinski definition) is 2. The van der Waals surface area contributed by atoms with Crippen LogP contribution in [0.3, 0.4) is 0 Å². The van der Waals surface area contributed by atoms with E-state index in [4.69, 9.17) is 5.73 Å². The summed E-state index contributed by atoms with van der Waals surface area (Å²) in [6, 6.07) is 14.3. The molecule has 4 heteroatoms. The summed E-state index contributed by atoms with van der Waals surface area (Å²) in [5, 5.41) is 1.05. The summed E-state index contributed by atoms with van der Waals surface area (Å²) in [5.74, 6) is -0.248. The highest BCUT2D eigenvalue weighted by molar-refractivity contribution is 14.1. The van der Waals surface area contributed by atoms with Crippen molar-refractivity contribution in [1.29, 1.82) is 0 Å². The number of benzene rings is 2. The van der Waals surface area contributed by atoms with Gasteiger partial charge in [0.15, 0.2) is 0 Å². The Balaban J connectivity index is 2.05. The molecule has 2 aromatic carbocycles. The van der Waals surface area contributed by atoms with Gasteiger partial charge in [0, 0.05) is 15.2 Å². The maximum atomic E-state index is 13.2. The van der Waals surface area contributed by atoms with E-state index in [2.05, 4.69) is 27.6 Å². The van der Waals surface area contributed by atoms with E-state index in [1.54, 1.807) is 12.3 Å². The zero-order valence-electron chi connectivity index (χ0n) is 10.6. The molecule has 0 radical (unpaired) electrons. The zero-order chi connectivity index (χ0) is 14.1. The third kappa shape index (κ3) is 2.53. The van der Waals surface area contributed by atoms with Crippen LogP contribution in [0.5, 0.6) is 0 Å². The Labute approximate surface area is 130 Å². The molecular formula is C16H12FIN2. The average molecular weight is 378 g/mol. The SMILES string of the molecule is NC(c1cnc2ccccc2c1)c1ccc(F)cc1I. The van der Waals surface area contributed by atoms with Gasteiger partial charge in [0.2, 0.25) is 0 Å². The molecule has 0 aliphatic rings. The number of hydrogen-bond donors (Lipinski definition) is 1. The molecule has 1 heterocycles. The predicted molar refractivity (Wildman–Crippen MR) is 86.9 cm³/mol. The molecule has 0 saturated carbocycles. The summed E-state index contributed by atoms with van der Waals surface area (Å²) in [7, 11) is 0. The molecule has 0 aliphatic carbocycles. The van der Waals surface area contributed by atoms with Crippen LogP contribution in [-0.2, 0) is 0 Å². The van der Waals surface area contributed by atoms with Crippen LogP contribution in [0.4, 0.5) is 4.39 Å². The van der Waals surface area contributed by atoms with Crippen molar-refractivity contribution >= 4 is 33.5 Å². The van der Waals surface area contributed by atoms with Gasteiger partial charge in [-0.25, -0.2) is 4.39 Å². The Bertz CT molecular complexity index is 773. The van der Waals surface area contributed by atoms with E-state index >= 15 is 0 Å². The number of para-hydroxylation sites is 1. The molecule has 0 fully saturated rings. The quantitative estimate of drug-likeness (QED) is 0.684. The summed E-state index contributed by atoms with van der Waals surface area (Å²) in [5.41, 5.74) is 9.06. The number of pyridine rings is 1. The number of fused-ring (bicyclic) bond motifs is 1. The lowest BCUT2D eigenvalue weighted by atomic mass is 10.00. The Morgan fingerprint density at radius 1 is 1.10 bits per heavy atom. The largest absolute Gasteiger partial charge is 0.320 e. The fraction of sp³-hybridized carbons (Fsp3) is 0.0625. The molecule has 2 N–H and O–H groups in total. The van der Waals surface area contributed by atoms with Crippen LogP contribution in [-0.4, -0.2) is 4.98 Å². The van der Waals surface area contributed by atoms with E-state index < -0.39 is 0 Å². The summed E-state index contributed by atoms with van der Waals surface area (Å²) >= 11 is 2.11. The fourth-order valence-corrected chi connectivity index (χ4v) is 3.00. The molecule has 0 spiro atoms. The molecule has 0 bridgehead atoms. The van der Waals surface area contributed by atoms with Gasteiger partial charge in [0.1, 0.15) is 5.82 Å². The first-order valence-corrected chi connectivity index (χ1v) is 7.28. The van der Waals surface area contributed by atoms with E-state index in [9.17, 15) is 4.39 Å². The van der Waals surface area contributed by atoms with E-state index in [0.717, 1.165) is 25.6 Å². The third-order valence-corrected chi connectivity index (χ3v) is 4.20. The molecule has 1 atom stereocenters. The molecular weight excluding hydrogens is 366 g/mol. The molecule has 1 aromatic heterocycles. The van der Waals surface area contributed by atoms with Gasteiger partial charge in [0.25, 0.3) is 0 Å². The van der Waals surface area contributed by atoms with Crippen LogP contribution in [0.25, 0.3) is 10.9 Å². The number of aromatic nitrogens is 1. The third-order valence-electron chi connectivity index (χ3n) is 3.27. The van der Waals surface area contributed by atoms with Crippen LogP contribution >= 0.6 is 22.6 Å². The van der Waals surface area contributed by atoms with Gasteiger partial charge >= 0.3 is 0 Å². The lowest BCUT2D eigenvalue weighted by Crippen LogP contribution is -2.13. The lowest BCUT2D eigenvalue weighted by molar-refractivity contribution is 0.625. The summed E-state index contributed by atoms with van der Waals surface area (Å²) in [6.45, 7) is 0. The van der Waals surface area contributed by atoms with Gasteiger partial charge in [-0.1, -0.05) is 24.3 Å². The van der Waals surface area contributed by atoms with Crippen LogP contribution < -0.4 is 5.73 Å². The Morgan fingerprint density at radius 2 is 1.90 bits per heavy atom. The van der Waals surface area contributed by atoms with Gasteiger partial charge in [-0.3, -0.25) is 4.98 Å². The Hall–Kier alpha value is -1.53. The van der Waals surface area contributed by atoms with Gasteiger partial charge < -0.3 is 5.73 Å². The molecule has 100 valence electrons. The molecule has 20 heavy (non-hydrogen) atoms. The van der Waals surface area contributed by atoms with Gasteiger partial charge in [-0.15, -0.1) is 0 Å². The summed E-state index contributed by atoms with van der Waals surface area (Å²) in [6.07, 6.45) is 1.78. The number of nitrogens with zero attached hydrogens (tertiary/aromatic N) is 1. The van der Waals surface area contributed by atoms with Crippen molar-refractivity contribution in [2.75, 3.05) is 0 Å². The molecule has 0 amide bonds. The van der Waals surface area contributed by atoms with Crippen molar-refractivity contribution in [2.45, 2.75) is 6.04 Å². The van der Waals surface area contributed by atoms with Crippen LogP contribution in [0, 0.1) is 9.39 Å². The second-order valence-corrected chi connectivity index (χ2v) is 5.77. The van der Waals surface area contributed by atoms with E-state index in [-0.39, 0.29) is 11.9 Å². The molecule has 1 unspecified atom stereocenters. The first kappa shape index (κ1) is 13.5. The second-order valence-electron chi connectivity index (χ2n) is 4.60. The van der Waals surface area contributed by atoms with Crippen molar-refractivity contribution in [1.82, 2.24) is 4.98 Å². The highest BCUT2D eigenvalue weighted by Gasteiger charge is 2.13. The highest BCUT2D eigenvalue weighted by atomic mass is 127. The monoisotopic (exact) mass is 378 g/mol. The van der Waals surface area contributed by atoms with Crippen LogP contribution in [0.1, 0.15) is 17.2 Å². The zero-order valence-corrected chi connectivity index (χ0v) is 12.7. The van der Waals surface area contributed by atoms with Gasteiger partial charge in [-0.05, 0) is 58.0 Å². The first-order chi connectivity index (χ1) is 9.65. The van der Waals surface area contributed by atoms with Crippen molar-refractivity contribution in [3.8, 4) is 0 Å². The van der Waals surface area contributed by atoms with E-state index in [1.807, 2.05) is 30.3 Å². The van der Waals surface area contributed by atoms with Crippen molar-refractivity contribution in [2.24, 2.45) is 5.73 Å². The molecule has 0 saturated heterocycles. The number of nitrogens with two attached hydrogens (primary N) is 1. The Kier molecular flexibility index (Phi) is 3.67. The minimum Gasteiger partial charge on any atom is -0.320 e. The average Bonchev–Trinajstić information content (AvgIpc) is 2.46. The molecule has 3 rings (SSSR count). The topological polar surface area (TPSA) is 38.9 Å². The second kappa shape index (κ2) is 5.46. The first-order valence-electron chi connectivity index (χ1n) is 6.20. The lowest BCUT2D eigenvalue weighted by Gasteiger charge is -2.14. The minimum atomic E-state index is -0.306. The van der Waals surface area contributed by atoms with Crippen molar-refractivity contribution in [3.05, 3.63) is 75.2 Å². The summed E-state index contributed by atoms with van der Waals surface area (Å²) in [4.78, 5) is 4.42. The normalized spacial score (nSPS) is 12.6. The maximum absolute atomic E-state index is 13.2. The van der Waals surface area contributed by atoms with Gasteiger partial charge in [0.05, 0.1) is 11.6 Å². The van der Waals surface area contributed by atoms with E-state index in [0.29, 0.717) is 0 Å². The van der Waals surface area contributed by atoms with E-state index in [1.165, 1.54) is 12.1 Å². The Morgan fingerprint density at radius 3 is 2.70 bits per heavy atom. The standard InChI is InChI=1S/C16H12FIN2/c17-12-5-6-13(14(18)8-12)16(19)11-7-10-3-1-2-4-15(10)20-9-11/h1-9,16H,19H2. The highest BCUT2D eigenvalue weighted by Crippen LogP contribution is 2.26. The van der Waals surface area contributed by atoms with Crippen molar-refractivity contribution < 1.29 is 4.39 Å². The molecule has 0 aliphatic heterocycles. The summed E-state index contributed by atoms with van der Waals surface area (Å²) < 4.78 is 14.0.